The Morgan fingerprint density at radius 1 is 1.42 bits per heavy atom. The zero-order chi connectivity index (χ0) is 13.8. The summed E-state index contributed by atoms with van der Waals surface area (Å²) in [5.41, 5.74) is 1.66. The van der Waals surface area contributed by atoms with Crippen molar-refractivity contribution in [1.82, 2.24) is 5.32 Å². The van der Waals surface area contributed by atoms with Crippen molar-refractivity contribution in [2.45, 2.75) is 37.4 Å². The first kappa shape index (κ1) is 14.9. The summed E-state index contributed by atoms with van der Waals surface area (Å²) in [5, 5.41) is 3.64. The lowest BCUT2D eigenvalue weighted by Crippen LogP contribution is -2.32. The summed E-state index contributed by atoms with van der Waals surface area (Å²) < 4.78 is 0. The van der Waals surface area contributed by atoms with Gasteiger partial charge in [0.2, 0.25) is 0 Å². The number of benzene rings is 1. The van der Waals surface area contributed by atoms with Crippen molar-refractivity contribution < 1.29 is 4.79 Å². The second-order valence-electron chi connectivity index (χ2n) is 5.36. The Labute approximate surface area is 128 Å². The van der Waals surface area contributed by atoms with Crippen LogP contribution in [-0.2, 0) is 0 Å². The van der Waals surface area contributed by atoms with E-state index in [0.29, 0.717) is 21.3 Å². The molecule has 4 heteroatoms. The third-order valence-electron chi connectivity index (χ3n) is 3.57. The molecular weight excluding hydrogens is 326 g/mol. The summed E-state index contributed by atoms with van der Waals surface area (Å²) in [6.45, 7) is 2.70. The summed E-state index contributed by atoms with van der Waals surface area (Å²) >= 11 is 9.65. The van der Waals surface area contributed by atoms with Crippen molar-refractivity contribution in [2.24, 2.45) is 5.92 Å². The first-order chi connectivity index (χ1) is 9.04. The van der Waals surface area contributed by atoms with Crippen LogP contribution in [0.25, 0.3) is 0 Å². The average molecular weight is 345 g/mol. The molecule has 0 bridgehead atoms. The minimum atomic E-state index is -0.0257. The molecule has 1 amide bonds. The van der Waals surface area contributed by atoms with Crippen LogP contribution in [0.3, 0.4) is 0 Å². The number of carbonyl (C=O) groups is 1. The van der Waals surface area contributed by atoms with Crippen LogP contribution in [0.1, 0.15) is 41.6 Å². The van der Waals surface area contributed by atoms with Crippen LogP contribution in [0.4, 0.5) is 0 Å². The minimum absolute atomic E-state index is 0.0257. The molecule has 2 rings (SSSR count). The zero-order valence-electron chi connectivity index (χ0n) is 11.1. The highest BCUT2D eigenvalue weighted by molar-refractivity contribution is 9.09. The summed E-state index contributed by atoms with van der Waals surface area (Å²) in [5.74, 6) is 0.560. The van der Waals surface area contributed by atoms with Crippen LogP contribution in [0.15, 0.2) is 18.2 Å². The number of hydrogen-bond acceptors (Lipinski definition) is 1. The normalized spacial score (nSPS) is 23.1. The monoisotopic (exact) mass is 343 g/mol. The van der Waals surface area contributed by atoms with Crippen LogP contribution < -0.4 is 5.32 Å². The van der Waals surface area contributed by atoms with Crippen LogP contribution >= 0.6 is 27.5 Å². The van der Waals surface area contributed by atoms with Crippen LogP contribution in [-0.4, -0.2) is 17.3 Å². The van der Waals surface area contributed by atoms with Crippen LogP contribution in [0, 0.1) is 12.8 Å². The fourth-order valence-corrected chi connectivity index (χ4v) is 3.76. The number of rotatable bonds is 3. The number of hydrogen-bond donors (Lipinski definition) is 1. The largest absolute Gasteiger partial charge is 0.352 e. The van der Waals surface area contributed by atoms with E-state index < -0.39 is 0 Å². The first-order valence-corrected chi connectivity index (χ1v) is 8.03. The molecule has 0 aliphatic heterocycles. The fourth-order valence-electron chi connectivity index (χ4n) is 2.62. The second kappa shape index (κ2) is 6.76. The van der Waals surface area contributed by atoms with Crippen LogP contribution in [0.2, 0.25) is 5.02 Å². The van der Waals surface area contributed by atoms with E-state index in [4.69, 9.17) is 11.6 Å². The summed E-state index contributed by atoms with van der Waals surface area (Å²) in [6, 6.07) is 5.45. The maximum Gasteiger partial charge on any atom is 0.251 e. The highest BCUT2D eigenvalue weighted by Gasteiger charge is 2.20. The molecule has 104 valence electrons. The maximum atomic E-state index is 12.1. The average Bonchev–Trinajstić information content (AvgIpc) is 2.35. The standard InChI is InChI=1S/C15H19BrClNO/c1-10-5-12(8-14(17)6-10)15(19)18-9-11-3-2-4-13(16)7-11/h5-6,8,11,13H,2-4,7,9H2,1H3,(H,18,19). The van der Waals surface area contributed by atoms with Gasteiger partial charge in [-0.1, -0.05) is 34.0 Å². The lowest BCUT2D eigenvalue weighted by molar-refractivity contribution is 0.0944. The molecule has 1 aromatic rings. The molecule has 1 N–H and O–H groups in total. The van der Waals surface area contributed by atoms with Crippen molar-refractivity contribution in [3.63, 3.8) is 0 Å². The van der Waals surface area contributed by atoms with Gasteiger partial charge in [-0.2, -0.15) is 0 Å². The van der Waals surface area contributed by atoms with Gasteiger partial charge in [0.25, 0.3) is 5.91 Å². The third kappa shape index (κ3) is 4.50. The van der Waals surface area contributed by atoms with E-state index in [9.17, 15) is 4.79 Å². The molecule has 2 nitrogen and oxygen atoms in total. The summed E-state index contributed by atoms with van der Waals surface area (Å²) in [6.07, 6.45) is 4.84. The zero-order valence-corrected chi connectivity index (χ0v) is 13.4. The maximum absolute atomic E-state index is 12.1. The Morgan fingerprint density at radius 2 is 2.21 bits per heavy atom. The smallest absolute Gasteiger partial charge is 0.251 e. The van der Waals surface area contributed by atoms with Crippen molar-refractivity contribution in [3.05, 3.63) is 34.3 Å². The molecule has 1 aliphatic rings. The van der Waals surface area contributed by atoms with Gasteiger partial charge in [-0.15, -0.1) is 0 Å². The first-order valence-electron chi connectivity index (χ1n) is 6.74. The molecule has 1 aromatic carbocycles. The topological polar surface area (TPSA) is 29.1 Å². The van der Waals surface area contributed by atoms with E-state index in [2.05, 4.69) is 21.2 Å². The van der Waals surface area contributed by atoms with E-state index in [1.807, 2.05) is 19.1 Å². The molecule has 2 atom stereocenters. The van der Waals surface area contributed by atoms with Gasteiger partial charge in [0.15, 0.2) is 0 Å². The predicted octanol–water partition coefficient (Wildman–Crippen LogP) is 4.33. The Kier molecular flexibility index (Phi) is 5.28. The number of aryl methyl sites for hydroxylation is 1. The molecule has 0 saturated heterocycles. The van der Waals surface area contributed by atoms with Crippen molar-refractivity contribution in [2.75, 3.05) is 6.54 Å². The predicted molar refractivity (Wildman–Crippen MR) is 83.2 cm³/mol. The molecule has 1 aliphatic carbocycles. The Hall–Kier alpha value is -0.540. The molecule has 0 aromatic heterocycles. The van der Waals surface area contributed by atoms with Gasteiger partial charge in [-0.3, -0.25) is 4.79 Å². The van der Waals surface area contributed by atoms with Gasteiger partial charge >= 0.3 is 0 Å². The number of amides is 1. The summed E-state index contributed by atoms with van der Waals surface area (Å²) in [4.78, 5) is 12.7. The van der Waals surface area contributed by atoms with E-state index in [1.54, 1.807) is 6.07 Å². The minimum Gasteiger partial charge on any atom is -0.352 e. The Morgan fingerprint density at radius 3 is 2.89 bits per heavy atom. The van der Waals surface area contributed by atoms with Crippen molar-refractivity contribution >= 4 is 33.4 Å². The number of carbonyl (C=O) groups excluding carboxylic acids is 1. The molecule has 1 saturated carbocycles. The molecule has 0 radical (unpaired) electrons. The number of nitrogens with one attached hydrogen (secondary N) is 1. The van der Waals surface area contributed by atoms with E-state index in [-0.39, 0.29) is 5.91 Å². The highest BCUT2D eigenvalue weighted by atomic mass is 79.9. The lowest BCUT2D eigenvalue weighted by Gasteiger charge is -2.25. The molecule has 19 heavy (non-hydrogen) atoms. The SMILES string of the molecule is Cc1cc(Cl)cc(C(=O)NCC2CCCC(Br)C2)c1. The Bertz CT molecular complexity index is 443. The molecule has 1 fully saturated rings. The van der Waals surface area contributed by atoms with Gasteiger partial charge in [0.1, 0.15) is 0 Å². The third-order valence-corrected chi connectivity index (χ3v) is 4.62. The van der Waals surface area contributed by atoms with Gasteiger partial charge in [-0.05, 0) is 55.9 Å². The molecule has 0 heterocycles. The lowest BCUT2D eigenvalue weighted by atomic mass is 9.89. The van der Waals surface area contributed by atoms with Crippen molar-refractivity contribution in [1.29, 1.82) is 0 Å². The molecule has 0 spiro atoms. The molecule has 2 unspecified atom stereocenters. The van der Waals surface area contributed by atoms with Gasteiger partial charge in [0, 0.05) is 22.0 Å². The van der Waals surface area contributed by atoms with E-state index in [0.717, 1.165) is 18.5 Å². The number of halogens is 2. The van der Waals surface area contributed by atoms with Gasteiger partial charge in [-0.25, -0.2) is 0 Å². The summed E-state index contributed by atoms with van der Waals surface area (Å²) in [7, 11) is 0. The van der Waals surface area contributed by atoms with E-state index >= 15 is 0 Å². The van der Waals surface area contributed by atoms with E-state index in [1.165, 1.54) is 19.3 Å². The highest BCUT2D eigenvalue weighted by Crippen LogP contribution is 2.28. The molecular formula is C15H19BrClNO. The van der Waals surface area contributed by atoms with Crippen molar-refractivity contribution in [3.8, 4) is 0 Å². The quantitative estimate of drug-likeness (QED) is 0.812. The van der Waals surface area contributed by atoms with Gasteiger partial charge in [0.05, 0.1) is 0 Å². The van der Waals surface area contributed by atoms with Crippen LogP contribution in [0.5, 0.6) is 0 Å². The Balaban J connectivity index is 1.90. The fraction of sp³-hybridized carbons (Fsp3) is 0.533. The second-order valence-corrected chi connectivity index (χ2v) is 7.09. The number of alkyl halides is 1. The van der Waals surface area contributed by atoms with Gasteiger partial charge < -0.3 is 5.32 Å².